The van der Waals surface area contributed by atoms with Crippen molar-refractivity contribution in [2.75, 3.05) is 0 Å². The summed E-state index contributed by atoms with van der Waals surface area (Å²) in [6.07, 6.45) is -5.01. The maximum atomic E-state index is 13.8. The first kappa shape index (κ1) is 24.9. The van der Waals surface area contributed by atoms with Crippen molar-refractivity contribution in [1.82, 2.24) is 0 Å². The van der Waals surface area contributed by atoms with E-state index >= 15 is 0 Å². The lowest BCUT2D eigenvalue weighted by Gasteiger charge is -2.19. The van der Waals surface area contributed by atoms with Crippen LogP contribution in [0.1, 0.15) is 48.4 Å². The van der Waals surface area contributed by atoms with Crippen LogP contribution in [0, 0.1) is 0 Å². The molecular formula is C26H21F3O7. The molecule has 2 heterocycles. The third-order valence-corrected chi connectivity index (χ3v) is 5.27. The predicted octanol–water partition coefficient (Wildman–Crippen LogP) is 6.77. The molecule has 0 aliphatic carbocycles. The molecule has 0 spiro atoms. The molecule has 0 fully saturated rings. The van der Waals surface area contributed by atoms with E-state index in [1.165, 1.54) is 36.4 Å². The third kappa shape index (κ3) is 5.22. The number of aromatic carboxylic acids is 1. The molecule has 1 N–H and O–H groups in total. The Balaban J connectivity index is 1.67. The SMILES string of the molecule is CC(C)(C)c1ccc(Oc2c(C(F)(F)F)oc3cc(OCc4ccc(C(=O)O)o4)ccc3c2=O)cc1. The minimum absolute atomic E-state index is 0.0549. The molecule has 7 nitrogen and oxygen atoms in total. The number of hydrogen-bond donors (Lipinski definition) is 1. The molecule has 0 amide bonds. The van der Waals surface area contributed by atoms with Crippen molar-refractivity contribution in [2.45, 2.75) is 39.0 Å². The average molecular weight is 502 g/mol. The van der Waals surface area contributed by atoms with Gasteiger partial charge >= 0.3 is 12.1 Å². The molecule has 10 heteroatoms. The highest BCUT2D eigenvalue weighted by molar-refractivity contribution is 5.84. The number of carboxylic acid groups (broad SMARTS) is 1. The first-order valence-corrected chi connectivity index (χ1v) is 10.7. The Morgan fingerprint density at radius 1 is 0.944 bits per heavy atom. The highest BCUT2D eigenvalue weighted by Crippen LogP contribution is 2.39. The third-order valence-electron chi connectivity index (χ3n) is 5.27. The number of benzene rings is 2. The molecule has 0 saturated carbocycles. The summed E-state index contributed by atoms with van der Waals surface area (Å²) in [4.78, 5) is 23.9. The van der Waals surface area contributed by atoms with Crippen molar-refractivity contribution in [3.8, 4) is 17.2 Å². The standard InChI is InChI=1S/C26H21F3O7/c1-25(2,3)14-4-6-15(7-5-14)35-22-21(30)18-10-8-16(12-20(18)36-23(22)26(27,28)29)33-13-17-9-11-19(34-17)24(31)32/h4-12H,13H2,1-3H3,(H,31,32). The first-order chi connectivity index (χ1) is 16.8. The van der Waals surface area contributed by atoms with Crippen molar-refractivity contribution < 1.29 is 41.4 Å². The molecule has 0 saturated heterocycles. The number of halogens is 3. The van der Waals surface area contributed by atoms with Crippen LogP contribution in [0.25, 0.3) is 11.0 Å². The van der Waals surface area contributed by atoms with Gasteiger partial charge in [-0.25, -0.2) is 4.79 Å². The van der Waals surface area contributed by atoms with Crippen molar-refractivity contribution in [1.29, 1.82) is 0 Å². The Bertz CT molecular complexity index is 1470. The number of ether oxygens (including phenoxy) is 2. The molecule has 4 aromatic rings. The zero-order chi connectivity index (χ0) is 26.3. The van der Waals surface area contributed by atoms with Crippen LogP contribution in [0.15, 0.2) is 68.2 Å². The maximum absolute atomic E-state index is 13.8. The fraction of sp³-hybridized carbons (Fsp3) is 0.231. The lowest BCUT2D eigenvalue weighted by molar-refractivity contribution is -0.154. The summed E-state index contributed by atoms with van der Waals surface area (Å²) >= 11 is 0. The zero-order valence-electron chi connectivity index (χ0n) is 19.4. The monoisotopic (exact) mass is 502 g/mol. The van der Waals surface area contributed by atoms with Gasteiger partial charge < -0.3 is 23.4 Å². The number of carbonyl (C=O) groups is 1. The molecule has 4 rings (SSSR count). The second-order valence-electron chi connectivity index (χ2n) is 8.98. The van der Waals surface area contributed by atoms with Crippen LogP contribution in [0.4, 0.5) is 13.2 Å². The molecule has 0 radical (unpaired) electrons. The Hall–Kier alpha value is -4.21. The smallest absolute Gasteiger partial charge is 0.453 e. The lowest BCUT2D eigenvalue weighted by Crippen LogP contribution is -2.15. The van der Waals surface area contributed by atoms with E-state index in [9.17, 15) is 22.8 Å². The summed E-state index contributed by atoms with van der Waals surface area (Å²) in [5, 5.41) is 8.76. The van der Waals surface area contributed by atoms with Gasteiger partial charge in [-0.2, -0.15) is 13.2 Å². The van der Waals surface area contributed by atoms with Gasteiger partial charge in [0.15, 0.2) is 0 Å². The number of carboxylic acids is 1. The number of hydrogen-bond acceptors (Lipinski definition) is 6. The minimum atomic E-state index is -5.01. The van der Waals surface area contributed by atoms with Crippen LogP contribution in [0.5, 0.6) is 17.2 Å². The zero-order valence-corrected chi connectivity index (χ0v) is 19.4. The maximum Gasteiger partial charge on any atom is 0.453 e. The summed E-state index contributed by atoms with van der Waals surface area (Å²) in [7, 11) is 0. The van der Waals surface area contributed by atoms with Gasteiger partial charge in [-0.05, 0) is 47.4 Å². The van der Waals surface area contributed by atoms with Crippen LogP contribution in [0.3, 0.4) is 0 Å². The average Bonchev–Trinajstić information content (AvgIpc) is 3.28. The second-order valence-corrected chi connectivity index (χ2v) is 8.98. The van der Waals surface area contributed by atoms with Gasteiger partial charge in [0.1, 0.15) is 29.4 Å². The summed E-state index contributed by atoms with van der Waals surface area (Å²) in [5.41, 5.74) is -0.580. The Labute approximate surface area is 202 Å². The van der Waals surface area contributed by atoms with Crippen LogP contribution in [0.2, 0.25) is 0 Å². The molecule has 0 aliphatic rings. The quantitative estimate of drug-likeness (QED) is 0.311. The van der Waals surface area contributed by atoms with E-state index in [1.54, 1.807) is 12.1 Å². The lowest BCUT2D eigenvalue weighted by atomic mass is 9.87. The van der Waals surface area contributed by atoms with Crippen molar-refractivity contribution >= 4 is 16.9 Å². The van der Waals surface area contributed by atoms with Crippen molar-refractivity contribution in [2.24, 2.45) is 0 Å². The van der Waals surface area contributed by atoms with Gasteiger partial charge in [0.2, 0.25) is 16.9 Å². The Morgan fingerprint density at radius 2 is 1.61 bits per heavy atom. The fourth-order valence-corrected chi connectivity index (χ4v) is 3.39. The molecule has 0 unspecified atom stereocenters. The summed E-state index contributed by atoms with van der Waals surface area (Å²) in [5.74, 6) is -3.76. The van der Waals surface area contributed by atoms with Gasteiger partial charge in [-0.15, -0.1) is 0 Å². The minimum Gasteiger partial charge on any atom is -0.486 e. The summed E-state index contributed by atoms with van der Waals surface area (Å²) < 4.78 is 62.4. The predicted molar refractivity (Wildman–Crippen MR) is 123 cm³/mol. The topological polar surface area (TPSA) is 99.1 Å². The molecule has 0 aliphatic heterocycles. The Kier molecular flexibility index (Phi) is 6.30. The van der Waals surface area contributed by atoms with Gasteiger partial charge in [-0.3, -0.25) is 4.79 Å². The highest BCUT2D eigenvalue weighted by Gasteiger charge is 2.40. The van der Waals surface area contributed by atoms with E-state index in [1.807, 2.05) is 20.8 Å². The number of furan rings is 1. The van der Waals surface area contributed by atoms with Gasteiger partial charge in [-0.1, -0.05) is 32.9 Å². The molecular weight excluding hydrogens is 481 g/mol. The van der Waals surface area contributed by atoms with Crippen molar-refractivity contribution in [3.63, 3.8) is 0 Å². The van der Waals surface area contributed by atoms with E-state index in [4.69, 9.17) is 23.4 Å². The molecule has 188 valence electrons. The summed E-state index contributed by atoms with van der Waals surface area (Å²) in [6, 6.07) is 12.8. The number of rotatable bonds is 6. The largest absolute Gasteiger partial charge is 0.486 e. The van der Waals surface area contributed by atoms with Crippen LogP contribution >= 0.6 is 0 Å². The van der Waals surface area contributed by atoms with E-state index in [-0.39, 0.29) is 46.0 Å². The van der Waals surface area contributed by atoms with E-state index in [2.05, 4.69) is 0 Å². The number of fused-ring (bicyclic) bond motifs is 1. The second kappa shape index (κ2) is 9.10. The Morgan fingerprint density at radius 3 is 2.19 bits per heavy atom. The molecule has 0 atom stereocenters. The summed E-state index contributed by atoms with van der Waals surface area (Å²) in [6.45, 7) is 5.77. The van der Waals surface area contributed by atoms with Gasteiger partial charge in [0.25, 0.3) is 5.76 Å². The first-order valence-electron chi connectivity index (χ1n) is 10.7. The van der Waals surface area contributed by atoms with Gasteiger partial charge in [0, 0.05) is 6.07 Å². The van der Waals surface area contributed by atoms with E-state index < -0.39 is 29.1 Å². The van der Waals surface area contributed by atoms with Gasteiger partial charge in [0.05, 0.1) is 5.39 Å². The number of alkyl halides is 3. The van der Waals surface area contributed by atoms with Crippen LogP contribution in [-0.4, -0.2) is 11.1 Å². The molecule has 2 aromatic carbocycles. The van der Waals surface area contributed by atoms with Crippen LogP contribution in [-0.2, 0) is 18.2 Å². The fourth-order valence-electron chi connectivity index (χ4n) is 3.39. The van der Waals surface area contributed by atoms with Crippen LogP contribution < -0.4 is 14.9 Å². The molecule has 2 aromatic heterocycles. The highest BCUT2D eigenvalue weighted by atomic mass is 19.4. The van der Waals surface area contributed by atoms with E-state index in [0.717, 1.165) is 11.6 Å². The van der Waals surface area contributed by atoms with E-state index in [0.29, 0.717) is 0 Å². The molecule has 36 heavy (non-hydrogen) atoms. The van der Waals surface area contributed by atoms with Crippen molar-refractivity contribution in [3.05, 3.63) is 87.7 Å². The molecule has 0 bridgehead atoms. The normalized spacial score (nSPS) is 12.1.